The number of benzene rings is 1. The molecule has 1 aliphatic rings. The monoisotopic (exact) mass is 279 g/mol. The molecule has 0 spiro atoms. The van der Waals surface area contributed by atoms with Gasteiger partial charge >= 0.3 is 0 Å². The molecule has 0 atom stereocenters. The molecule has 2 heterocycles. The first-order chi connectivity index (χ1) is 10.3. The minimum Gasteiger partial charge on any atom is -0.308 e. The van der Waals surface area contributed by atoms with Crippen LogP contribution in [0.3, 0.4) is 0 Å². The topological polar surface area (TPSA) is 68.2 Å². The van der Waals surface area contributed by atoms with Gasteiger partial charge < -0.3 is 5.43 Å². The first-order valence-electron chi connectivity index (χ1n) is 7.22. The standard InChI is InChI=1S/C16H17N5/c1-10-5-2-3-6-11(10)14-9-15-18-13-8-4-7-12(13)16(19-17)21(15)20-14/h2-3,5-6,9,19H,4,7-8,17H2,1H3. The summed E-state index contributed by atoms with van der Waals surface area (Å²) in [5.41, 5.74) is 9.27. The quantitative estimate of drug-likeness (QED) is 0.558. The summed E-state index contributed by atoms with van der Waals surface area (Å²) in [6, 6.07) is 10.3. The van der Waals surface area contributed by atoms with Crippen molar-refractivity contribution in [1.29, 1.82) is 0 Å². The zero-order valence-electron chi connectivity index (χ0n) is 11.9. The van der Waals surface area contributed by atoms with E-state index in [1.165, 1.54) is 11.1 Å². The number of hydrazine groups is 1. The van der Waals surface area contributed by atoms with E-state index in [2.05, 4.69) is 24.5 Å². The lowest BCUT2D eigenvalue weighted by Gasteiger charge is -2.09. The predicted octanol–water partition coefficient (Wildman–Crippen LogP) is 2.48. The van der Waals surface area contributed by atoms with Gasteiger partial charge in [0.2, 0.25) is 0 Å². The smallest absolute Gasteiger partial charge is 0.158 e. The molecule has 2 aromatic heterocycles. The number of anilines is 1. The van der Waals surface area contributed by atoms with E-state index in [0.717, 1.165) is 47.7 Å². The molecule has 5 heteroatoms. The molecule has 0 saturated carbocycles. The fourth-order valence-corrected chi connectivity index (χ4v) is 3.13. The molecule has 0 amide bonds. The van der Waals surface area contributed by atoms with E-state index >= 15 is 0 Å². The minimum absolute atomic E-state index is 0.849. The van der Waals surface area contributed by atoms with E-state index < -0.39 is 0 Å². The van der Waals surface area contributed by atoms with Crippen LogP contribution in [-0.2, 0) is 12.8 Å². The van der Waals surface area contributed by atoms with Crippen LogP contribution in [0.5, 0.6) is 0 Å². The number of aryl methyl sites for hydroxylation is 2. The Labute approximate surface area is 122 Å². The molecule has 21 heavy (non-hydrogen) atoms. The Bertz CT molecular complexity index is 834. The Morgan fingerprint density at radius 3 is 2.90 bits per heavy atom. The summed E-state index contributed by atoms with van der Waals surface area (Å²) in [6.07, 6.45) is 3.16. The van der Waals surface area contributed by atoms with Gasteiger partial charge in [0, 0.05) is 22.9 Å². The third kappa shape index (κ3) is 1.81. The average molecular weight is 279 g/mol. The highest BCUT2D eigenvalue weighted by Crippen LogP contribution is 2.30. The van der Waals surface area contributed by atoms with E-state index in [9.17, 15) is 0 Å². The molecular formula is C16H17N5. The summed E-state index contributed by atoms with van der Waals surface area (Å²) in [5.74, 6) is 6.60. The highest BCUT2D eigenvalue weighted by atomic mass is 15.4. The number of hydrogen-bond donors (Lipinski definition) is 2. The number of nitrogens with two attached hydrogens (primary N) is 1. The van der Waals surface area contributed by atoms with Crippen molar-refractivity contribution in [3.63, 3.8) is 0 Å². The molecule has 1 aromatic carbocycles. The lowest BCUT2D eigenvalue weighted by molar-refractivity contribution is 0.900. The summed E-state index contributed by atoms with van der Waals surface area (Å²) in [4.78, 5) is 4.75. The van der Waals surface area contributed by atoms with Crippen LogP contribution in [0.2, 0.25) is 0 Å². The molecular weight excluding hydrogens is 262 g/mol. The minimum atomic E-state index is 0.849. The fraction of sp³-hybridized carbons (Fsp3) is 0.250. The highest BCUT2D eigenvalue weighted by Gasteiger charge is 2.21. The van der Waals surface area contributed by atoms with Crippen molar-refractivity contribution >= 4 is 11.5 Å². The Morgan fingerprint density at radius 1 is 1.24 bits per heavy atom. The van der Waals surface area contributed by atoms with E-state index in [1.54, 1.807) is 0 Å². The van der Waals surface area contributed by atoms with E-state index in [0.29, 0.717) is 0 Å². The average Bonchev–Trinajstić information content (AvgIpc) is 3.11. The molecule has 5 nitrogen and oxygen atoms in total. The van der Waals surface area contributed by atoms with Crippen molar-refractivity contribution in [3.8, 4) is 11.3 Å². The molecule has 0 radical (unpaired) electrons. The summed E-state index contributed by atoms with van der Waals surface area (Å²) in [7, 11) is 0. The SMILES string of the molecule is Cc1ccccc1-c1cc2nc3c(c(NN)n2n1)CCC3. The van der Waals surface area contributed by atoms with Crippen LogP contribution in [0.1, 0.15) is 23.2 Å². The van der Waals surface area contributed by atoms with Gasteiger partial charge in [-0.05, 0) is 31.7 Å². The molecule has 106 valence electrons. The van der Waals surface area contributed by atoms with Gasteiger partial charge in [0.05, 0.1) is 5.69 Å². The van der Waals surface area contributed by atoms with Crippen LogP contribution < -0.4 is 11.3 Å². The van der Waals surface area contributed by atoms with Gasteiger partial charge in [-0.25, -0.2) is 10.8 Å². The second kappa shape index (κ2) is 4.56. The zero-order chi connectivity index (χ0) is 14.4. The van der Waals surface area contributed by atoms with Crippen molar-refractivity contribution in [2.75, 3.05) is 5.43 Å². The molecule has 0 unspecified atom stereocenters. The number of rotatable bonds is 2. The maximum absolute atomic E-state index is 5.73. The number of hydrogen-bond acceptors (Lipinski definition) is 4. The molecule has 1 aliphatic carbocycles. The Hall–Kier alpha value is -2.40. The summed E-state index contributed by atoms with van der Waals surface area (Å²) < 4.78 is 1.83. The van der Waals surface area contributed by atoms with Crippen LogP contribution >= 0.6 is 0 Å². The number of nitrogens with zero attached hydrogens (tertiary/aromatic N) is 3. The van der Waals surface area contributed by atoms with Gasteiger partial charge in [0.1, 0.15) is 5.82 Å². The fourth-order valence-electron chi connectivity index (χ4n) is 3.13. The third-order valence-corrected chi connectivity index (χ3v) is 4.18. The molecule has 0 saturated heterocycles. The van der Waals surface area contributed by atoms with Crippen molar-refractivity contribution in [1.82, 2.24) is 14.6 Å². The van der Waals surface area contributed by atoms with Gasteiger partial charge in [0.15, 0.2) is 5.65 Å². The van der Waals surface area contributed by atoms with Crippen LogP contribution in [0.25, 0.3) is 16.9 Å². The molecule has 0 fully saturated rings. The largest absolute Gasteiger partial charge is 0.308 e. The summed E-state index contributed by atoms with van der Waals surface area (Å²) in [5, 5.41) is 4.70. The Balaban J connectivity index is 1.97. The number of nitrogen functional groups attached to an aromatic ring is 1. The Morgan fingerprint density at radius 2 is 2.10 bits per heavy atom. The predicted molar refractivity (Wildman–Crippen MR) is 83.0 cm³/mol. The van der Waals surface area contributed by atoms with Crippen LogP contribution in [-0.4, -0.2) is 14.6 Å². The lowest BCUT2D eigenvalue weighted by Crippen LogP contribution is -2.15. The maximum atomic E-state index is 5.73. The van der Waals surface area contributed by atoms with Crippen molar-refractivity contribution < 1.29 is 0 Å². The van der Waals surface area contributed by atoms with Gasteiger partial charge in [0.25, 0.3) is 0 Å². The van der Waals surface area contributed by atoms with E-state index in [1.807, 2.05) is 22.7 Å². The first kappa shape index (κ1) is 12.3. The van der Waals surface area contributed by atoms with Crippen molar-refractivity contribution in [2.24, 2.45) is 5.84 Å². The molecule has 4 rings (SSSR count). The summed E-state index contributed by atoms with van der Waals surface area (Å²) in [6.45, 7) is 2.09. The highest BCUT2D eigenvalue weighted by molar-refractivity contribution is 5.69. The first-order valence-corrected chi connectivity index (χ1v) is 7.22. The third-order valence-electron chi connectivity index (χ3n) is 4.18. The molecule has 0 aliphatic heterocycles. The van der Waals surface area contributed by atoms with E-state index in [4.69, 9.17) is 15.9 Å². The van der Waals surface area contributed by atoms with Crippen molar-refractivity contribution in [3.05, 3.63) is 47.2 Å². The van der Waals surface area contributed by atoms with Crippen LogP contribution in [0.15, 0.2) is 30.3 Å². The maximum Gasteiger partial charge on any atom is 0.158 e. The number of nitrogens with one attached hydrogen (secondary N) is 1. The number of aromatic nitrogens is 3. The van der Waals surface area contributed by atoms with Crippen LogP contribution in [0, 0.1) is 6.92 Å². The molecule has 0 bridgehead atoms. The Kier molecular flexibility index (Phi) is 2.68. The number of fused-ring (bicyclic) bond motifs is 2. The van der Waals surface area contributed by atoms with Gasteiger partial charge in [-0.2, -0.15) is 9.61 Å². The summed E-state index contributed by atoms with van der Waals surface area (Å²) >= 11 is 0. The normalized spacial score (nSPS) is 13.6. The molecule has 3 aromatic rings. The van der Waals surface area contributed by atoms with Crippen LogP contribution in [0.4, 0.5) is 5.82 Å². The van der Waals surface area contributed by atoms with E-state index in [-0.39, 0.29) is 0 Å². The second-order valence-electron chi connectivity index (χ2n) is 5.50. The van der Waals surface area contributed by atoms with Gasteiger partial charge in [-0.15, -0.1) is 0 Å². The van der Waals surface area contributed by atoms with Gasteiger partial charge in [-0.3, -0.25) is 0 Å². The zero-order valence-corrected chi connectivity index (χ0v) is 11.9. The second-order valence-corrected chi connectivity index (χ2v) is 5.50. The van der Waals surface area contributed by atoms with Gasteiger partial charge in [-0.1, -0.05) is 24.3 Å². The van der Waals surface area contributed by atoms with Crippen molar-refractivity contribution in [2.45, 2.75) is 26.2 Å². The lowest BCUT2D eigenvalue weighted by atomic mass is 10.1. The molecule has 3 N–H and O–H groups in total.